The molecule has 1 heterocycles. The molecule has 0 aromatic carbocycles. The molecule has 0 amide bonds. The minimum absolute atomic E-state index is 0.141. The molecular weight excluding hydrogens is 354 g/mol. The summed E-state index contributed by atoms with van der Waals surface area (Å²) < 4.78 is 4.84. The van der Waals surface area contributed by atoms with Crippen LogP contribution < -0.4 is 5.32 Å². The zero-order valence-corrected chi connectivity index (χ0v) is 17.9. The van der Waals surface area contributed by atoms with Crippen molar-refractivity contribution in [2.24, 2.45) is 0 Å². The Morgan fingerprint density at radius 1 is 0.786 bits per heavy atom. The lowest BCUT2D eigenvalue weighted by molar-refractivity contribution is -0.160. The normalized spacial score (nSPS) is 16.2. The molecule has 5 nitrogen and oxygen atoms in total. The molecule has 28 heavy (non-hydrogen) atoms. The smallest absolute Gasteiger partial charge is 0.330 e. The van der Waals surface area contributed by atoms with E-state index in [0.29, 0.717) is 19.3 Å². The lowest BCUT2D eigenvalue weighted by Gasteiger charge is -2.08. The number of ketones is 1. The lowest BCUT2D eigenvalue weighted by atomic mass is 10.0. The van der Waals surface area contributed by atoms with E-state index >= 15 is 0 Å². The van der Waals surface area contributed by atoms with E-state index in [4.69, 9.17) is 4.74 Å². The molecule has 5 heteroatoms. The highest BCUT2D eigenvalue weighted by Gasteiger charge is 2.25. The number of rotatable bonds is 17. The van der Waals surface area contributed by atoms with Crippen molar-refractivity contribution in [2.45, 2.75) is 122 Å². The van der Waals surface area contributed by atoms with Gasteiger partial charge in [-0.15, -0.1) is 0 Å². The number of Topliss-reactive ketones (excluding diaryl/α,β-unsaturated/α-hetero) is 1. The van der Waals surface area contributed by atoms with Gasteiger partial charge in [-0.25, -0.2) is 4.79 Å². The molecular formula is C23H41NO4. The van der Waals surface area contributed by atoms with Crippen LogP contribution in [0.1, 0.15) is 116 Å². The van der Waals surface area contributed by atoms with Crippen LogP contribution in [-0.2, 0) is 19.1 Å². The Kier molecular flexibility index (Phi) is 14.8. The summed E-state index contributed by atoms with van der Waals surface area (Å²) in [6.07, 6.45) is 17.3. The maximum absolute atomic E-state index is 11.9. The van der Waals surface area contributed by atoms with E-state index in [9.17, 15) is 14.4 Å². The molecule has 0 radical (unpaired) electrons. The highest BCUT2D eigenvalue weighted by atomic mass is 16.6. The molecule has 1 aliphatic heterocycles. The lowest BCUT2D eigenvalue weighted by Crippen LogP contribution is -2.33. The van der Waals surface area contributed by atoms with Crippen LogP contribution in [-0.4, -0.2) is 30.3 Å². The first-order valence-electron chi connectivity index (χ1n) is 11.6. The topological polar surface area (TPSA) is 72.5 Å². The van der Waals surface area contributed by atoms with Crippen molar-refractivity contribution in [2.75, 3.05) is 6.54 Å². The van der Waals surface area contributed by atoms with Crippen molar-refractivity contribution in [3.63, 3.8) is 0 Å². The molecule has 1 fully saturated rings. The van der Waals surface area contributed by atoms with Crippen LogP contribution in [0, 0.1) is 0 Å². The Morgan fingerprint density at radius 2 is 1.36 bits per heavy atom. The summed E-state index contributed by atoms with van der Waals surface area (Å²) in [6, 6.07) is -0.341. The standard InChI is InChI=1S/C23H41NO4/c1-2-3-4-5-6-7-8-9-10-11-12-15-20(25)16-13-18-22(26)28-23(27)21-17-14-19-24-21/h21,24H,2-19H2,1H3. The number of unbranched alkanes of at least 4 members (excludes halogenated alkanes) is 10. The van der Waals surface area contributed by atoms with Crippen LogP contribution in [0.3, 0.4) is 0 Å². The van der Waals surface area contributed by atoms with Crippen molar-refractivity contribution in [1.82, 2.24) is 5.32 Å². The van der Waals surface area contributed by atoms with Crippen molar-refractivity contribution < 1.29 is 19.1 Å². The maximum atomic E-state index is 11.9. The van der Waals surface area contributed by atoms with Gasteiger partial charge in [-0.3, -0.25) is 9.59 Å². The molecule has 1 aliphatic rings. The van der Waals surface area contributed by atoms with Gasteiger partial charge in [0.1, 0.15) is 11.8 Å². The van der Waals surface area contributed by atoms with Crippen LogP contribution in [0.4, 0.5) is 0 Å². The van der Waals surface area contributed by atoms with Crippen LogP contribution in [0.25, 0.3) is 0 Å². The predicted molar refractivity (Wildman–Crippen MR) is 112 cm³/mol. The fourth-order valence-corrected chi connectivity index (χ4v) is 3.66. The van der Waals surface area contributed by atoms with E-state index in [2.05, 4.69) is 12.2 Å². The van der Waals surface area contributed by atoms with Gasteiger partial charge in [0, 0.05) is 19.3 Å². The van der Waals surface area contributed by atoms with Crippen molar-refractivity contribution in [3.05, 3.63) is 0 Å². The van der Waals surface area contributed by atoms with E-state index in [1.54, 1.807) is 0 Å². The zero-order chi connectivity index (χ0) is 20.5. The average molecular weight is 396 g/mol. The number of hydrogen-bond acceptors (Lipinski definition) is 5. The van der Waals surface area contributed by atoms with Gasteiger partial charge in [-0.2, -0.15) is 0 Å². The van der Waals surface area contributed by atoms with Gasteiger partial charge in [-0.05, 0) is 32.2 Å². The first-order valence-corrected chi connectivity index (χ1v) is 11.6. The Bertz CT molecular complexity index is 444. The summed E-state index contributed by atoms with van der Waals surface area (Å²) in [5, 5.41) is 3.01. The molecule has 0 bridgehead atoms. The third-order valence-electron chi connectivity index (χ3n) is 5.45. The van der Waals surface area contributed by atoms with Gasteiger partial charge in [0.05, 0.1) is 0 Å². The largest absolute Gasteiger partial charge is 0.392 e. The van der Waals surface area contributed by atoms with Gasteiger partial charge < -0.3 is 10.1 Å². The van der Waals surface area contributed by atoms with Gasteiger partial charge in [-0.1, -0.05) is 71.1 Å². The maximum Gasteiger partial charge on any atom is 0.330 e. The summed E-state index contributed by atoms with van der Waals surface area (Å²) in [7, 11) is 0. The third-order valence-corrected chi connectivity index (χ3v) is 5.45. The minimum Gasteiger partial charge on any atom is -0.392 e. The Balaban J connectivity index is 1.87. The quantitative estimate of drug-likeness (QED) is 0.207. The molecule has 1 unspecified atom stereocenters. The van der Waals surface area contributed by atoms with Crippen LogP contribution >= 0.6 is 0 Å². The Labute approximate surface area is 171 Å². The Morgan fingerprint density at radius 3 is 1.93 bits per heavy atom. The first kappa shape index (κ1) is 24.8. The summed E-state index contributed by atoms with van der Waals surface area (Å²) in [6.45, 7) is 3.04. The molecule has 1 saturated heterocycles. The van der Waals surface area contributed by atoms with E-state index in [1.165, 1.54) is 57.8 Å². The first-order chi connectivity index (χ1) is 13.6. The summed E-state index contributed by atoms with van der Waals surface area (Å²) in [5.74, 6) is -0.775. The minimum atomic E-state index is -0.513. The molecule has 0 aromatic heterocycles. The number of nitrogens with one attached hydrogen (secondary N) is 1. The fourth-order valence-electron chi connectivity index (χ4n) is 3.66. The second-order valence-electron chi connectivity index (χ2n) is 8.12. The van der Waals surface area contributed by atoms with E-state index in [1.807, 2.05) is 0 Å². The Hall–Kier alpha value is -1.23. The molecule has 0 spiro atoms. The summed E-state index contributed by atoms with van der Waals surface area (Å²) >= 11 is 0. The molecule has 1 atom stereocenters. The molecule has 0 saturated carbocycles. The summed E-state index contributed by atoms with van der Waals surface area (Å²) in [5.41, 5.74) is 0. The molecule has 1 N–H and O–H groups in total. The fraction of sp³-hybridized carbons (Fsp3) is 0.870. The number of carbonyl (C=O) groups excluding carboxylic acids is 3. The van der Waals surface area contributed by atoms with Gasteiger partial charge >= 0.3 is 11.9 Å². The van der Waals surface area contributed by atoms with E-state index < -0.39 is 11.9 Å². The molecule has 1 rings (SSSR count). The summed E-state index contributed by atoms with van der Waals surface area (Å²) in [4.78, 5) is 35.3. The van der Waals surface area contributed by atoms with Gasteiger partial charge in [0.15, 0.2) is 0 Å². The van der Waals surface area contributed by atoms with Crippen LogP contribution in [0.5, 0.6) is 0 Å². The SMILES string of the molecule is CCCCCCCCCCCCCC(=O)CCCC(=O)OC(=O)C1CCCN1. The number of carbonyl (C=O) groups is 3. The monoisotopic (exact) mass is 395 g/mol. The predicted octanol–water partition coefficient (Wildman–Crippen LogP) is 5.25. The van der Waals surface area contributed by atoms with Crippen molar-refractivity contribution in [3.8, 4) is 0 Å². The number of hydrogen-bond donors (Lipinski definition) is 1. The van der Waals surface area contributed by atoms with Crippen LogP contribution in [0.2, 0.25) is 0 Å². The van der Waals surface area contributed by atoms with Crippen molar-refractivity contribution in [1.29, 1.82) is 0 Å². The van der Waals surface area contributed by atoms with Crippen molar-refractivity contribution >= 4 is 17.7 Å². The van der Waals surface area contributed by atoms with Gasteiger partial charge in [0.2, 0.25) is 0 Å². The molecule has 162 valence electrons. The zero-order valence-electron chi connectivity index (χ0n) is 17.9. The average Bonchev–Trinajstić information content (AvgIpc) is 3.21. The molecule has 0 aliphatic carbocycles. The van der Waals surface area contributed by atoms with Gasteiger partial charge in [0.25, 0.3) is 0 Å². The van der Waals surface area contributed by atoms with Crippen LogP contribution in [0.15, 0.2) is 0 Å². The number of ether oxygens (including phenoxy) is 1. The number of esters is 2. The second-order valence-corrected chi connectivity index (χ2v) is 8.12. The second kappa shape index (κ2) is 16.7. The third kappa shape index (κ3) is 13.0. The van der Waals surface area contributed by atoms with E-state index in [-0.39, 0.29) is 18.2 Å². The molecule has 0 aromatic rings. The highest BCUT2D eigenvalue weighted by Crippen LogP contribution is 2.13. The van der Waals surface area contributed by atoms with E-state index in [0.717, 1.165) is 32.2 Å². The highest BCUT2D eigenvalue weighted by molar-refractivity contribution is 5.88.